The van der Waals surface area contributed by atoms with Gasteiger partial charge in [0.15, 0.2) is 11.3 Å². The second-order valence-corrected chi connectivity index (χ2v) is 7.32. The summed E-state index contributed by atoms with van der Waals surface area (Å²) in [5.74, 6) is 2.75. The number of amides is 1. The highest BCUT2D eigenvalue weighted by Gasteiger charge is 2.30. The SMILES string of the molecule is Cc1ccc2oc(C(=O)N3CCC(c4nnc5n4CCNC5)CC3)cc2n1.Cl.Cl. The van der Waals surface area contributed by atoms with Crippen molar-refractivity contribution in [3.8, 4) is 0 Å². The minimum absolute atomic E-state index is 0. The fraction of sp³-hybridized carbons (Fsp3) is 0.474. The van der Waals surface area contributed by atoms with Crippen molar-refractivity contribution >= 4 is 41.8 Å². The third-order valence-electron chi connectivity index (χ3n) is 5.52. The molecule has 1 amide bonds. The molecule has 0 aromatic carbocycles. The summed E-state index contributed by atoms with van der Waals surface area (Å²) in [6, 6.07) is 5.50. The van der Waals surface area contributed by atoms with Gasteiger partial charge in [-0.1, -0.05) is 0 Å². The molecule has 10 heteroatoms. The van der Waals surface area contributed by atoms with Crippen molar-refractivity contribution in [2.45, 2.75) is 38.8 Å². The van der Waals surface area contributed by atoms with E-state index in [1.165, 1.54) is 0 Å². The van der Waals surface area contributed by atoms with Crippen LogP contribution < -0.4 is 5.32 Å². The van der Waals surface area contributed by atoms with Crippen molar-refractivity contribution in [3.63, 3.8) is 0 Å². The van der Waals surface area contributed by atoms with Gasteiger partial charge in [-0.15, -0.1) is 35.0 Å². The number of halogens is 2. The van der Waals surface area contributed by atoms with Gasteiger partial charge in [-0.3, -0.25) is 4.79 Å². The Morgan fingerprint density at radius 2 is 1.97 bits per heavy atom. The lowest BCUT2D eigenvalue weighted by atomic mass is 9.95. The van der Waals surface area contributed by atoms with Gasteiger partial charge in [-0.2, -0.15) is 0 Å². The number of hydrogen-bond donors (Lipinski definition) is 1. The number of hydrogen-bond acceptors (Lipinski definition) is 6. The number of carbonyl (C=O) groups excluding carboxylic acids is 1. The van der Waals surface area contributed by atoms with E-state index >= 15 is 0 Å². The molecule has 0 unspecified atom stereocenters. The lowest BCUT2D eigenvalue weighted by molar-refractivity contribution is 0.0680. The molecule has 1 saturated heterocycles. The summed E-state index contributed by atoms with van der Waals surface area (Å²) < 4.78 is 7.97. The average Bonchev–Trinajstić information content (AvgIpc) is 3.31. The van der Waals surface area contributed by atoms with Gasteiger partial charge >= 0.3 is 0 Å². The van der Waals surface area contributed by atoms with E-state index in [1.807, 2.05) is 24.0 Å². The molecule has 1 N–H and O–H groups in total. The van der Waals surface area contributed by atoms with Gasteiger partial charge in [0.1, 0.15) is 17.2 Å². The van der Waals surface area contributed by atoms with E-state index in [-0.39, 0.29) is 30.7 Å². The van der Waals surface area contributed by atoms with Crippen LogP contribution in [0.25, 0.3) is 11.1 Å². The van der Waals surface area contributed by atoms with Crippen LogP contribution in [0.4, 0.5) is 0 Å². The number of piperidine rings is 1. The predicted octanol–water partition coefficient (Wildman–Crippen LogP) is 2.69. The number of aromatic nitrogens is 4. The zero-order valence-corrected chi connectivity index (χ0v) is 17.8. The smallest absolute Gasteiger partial charge is 0.289 e. The molecule has 3 aromatic heterocycles. The molecular formula is C19H24Cl2N6O2. The third kappa shape index (κ3) is 3.97. The molecule has 0 bridgehead atoms. The molecule has 0 spiro atoms. The average molecular weight is 439 g/mol. The first kappa shape index (κ1) is 21.5. The van der Waals surface area contributed by atoms with E-state index in [1.54, 1.807) is 6.07 Å². The minimum atomic E-state index is -0.0587. The van der Waals surface area contributed by atoms with Crippen LogP contribution in [0.2, 0.25) is 0 Å². The summed E-state index contributed by atoms with van der Waals surface area (Å²) in [5, 5.41) is 12.1. The second-order valence-electron chi connectivity index (χ2n) is 7.32. The summed E-state index contributed by atoms with van der Waals surface area (Å²) in [7, 11) is 0. The zero-order valence-electron chi connectivity index (χ0n) is 16.1. The quantitative estimate of drug-likeness (QED) is 0.661. The Kier molecular flexibility index (Phi) is 6.45. The first-order valence-corrected chi connectivity index (χ1v) is 9.48. The number of nitrogens with one attached hydrogen (secondary N) is 1. The van der Waals surface area contributed by atoms with E-state index in [4.69, 9.17) is 4.42 Å². The first-order valence-electron chi connectivity index (χ1n) is 9.48. The van der Waals surface area contributed by atoms with Crippen LogP contribution in [0.3, 0.4) is 0 Å². The lowest BCUT2D eigenvalue weighted by Crippen LogP contribution is -2.38. The number of fused-ring (bicyclic) bond motifs is 2. The van der Waals surface area contributed by atoms with Crippen LogP contribution in [0, 0.1) is 6.92 Å². The monoisotopic (exact) mass is 438 g/mol. The molecule has 3 aromatic rings. The Hall–Kier alpha value is -2.16. The molecular weight excluding hydrogens is 415 g/mol. The van der Waals surface area contributed by atoms with Crippen LogP contribution >= 0.6 is 24.8 Å². The molecule has 0 saturated carbocycles. The van der Waals surface area contributed by atoms with E-state index < -0.39 is 0 Å². The molecule has 5 rings (SSSR count). The van der Waals surface area contributed by atoms with Gasteiger partial charge in [0.2, 0.25) is 0 Å². The highest BCUT2D eigenvalue weighted by atomic mass is 35.5. The van der Waals surface area contributed by atoms with Crippen molar-refractivity contribution in [3.05, 3.63) is 41.3 Å². The maximum Gasteiger partial charge on any atom is 0.289 e. The van der Waals surface area contributed by atoms with Crippen molar-refractivity contribution in [2.75, 3.05) is 19.6 Å². The Bertz CT molecular complexity index is 1010. The molecule has 0 radical (unpaired) electrons. The molecule has 29 heavy (non-hydrogen) atoms. The highest BCUT2D eigenvalue weighted by Crippen LogP contribution is 2.29. The van der Waals surface area contributed by atoms with E-state index in [2.05, 4.69) is 25.1 Å². The summed E-state index contributed by atoms with van der Waals surface area (Å²) in [6.45, 7) is 5.99. The number of rotatable bonds is 2. The largest absolute Gasteiger partial charge is 0.449 e. The molecule has 1 fully saturated rings. The fourth-order valence-electron chi connectivity index (χ4n) is 4.04. The zero-order chi connectivity index (χ0) is 18.4. The van der Waals surface area contributed by atoms with Crippen LogP contribution in [0.1, 0.15) is 46.7 Å². The number of furan rings is 1. The molecule has 156 valence electrons. The lowest BCUT2D eigenvalue weighted by Gasteiger charge is -2.31. The number of carbonyl (C=O) groups is 1. The Labute approximate surface area is 180 Å². The number of aryl methyl sites for hydroxylation is 1. The third-order valence-corrected chi connectivity index (χ3v) is 5.52. The maximum atomic E-state index is 12.8. The second kappa shape index (κ2) is 8.69. The van der Waals surface area contributed by atoms with Crippen LogP contribution in [0.15, 0.2) is 22.6 Å². The van der Waals surface area contributed by atoms with E-state index in [0.717, 1.165) is 55.3 Å². The summed E-state index contributed by atoms with van der Waals surface area (Å²) >= 11 is 0. The normalized spacial score (nSPS) is 16.8. The highest BCUT2D eigenvalue weighted by molar-refractivity contribution is 5.95. The first-order chi connectivity index (χ1) is 13.2. The van der Waals surface area contributed by atoms with Gasteiger partial charge < -0.3 is 19.2 Å². The Balaban J connectivity index is 0.00000120. The standard InChI is InChI=1S/C19H22N6O2.2ClH/c1-12-2-3-15-14(21-12)10-16(27-15)19(26)24-7-4-13(5-8-24)18-23-22-17-11-20-6-9-25(17)18;;/h2-3,10,13,20H,4-9,11H2,1H3;2*1H. The van der Waals surface area contributed by atoms with E-state index in [0.29, 0.717) is 30.4 Å². The minimum Gasteiger partial charge on any atom is -0.449 e. The summed E-state index contributed by atoms with van der Waals surface area (Å²) in [4.78, 5) is 19.1. The molecule has 5 heterocycles. The van der Waals surface area contributed by atoms with Crippen molar-refractivity contribution < 1.29 is 9.21 Å². The van der Waals surface area contributed by atoms with Crippen LogP contribution in [-0.4, -0.2) is 50.2 Å². The topological polar surface area (TPSA) is 89.1 Å². The Morgan fingerprint density at radius 3 is 2.76 bits per heavy atom. The molecule has 0 atom stereocenters. The van der Waals surface area contributed by atoms with Crippen molar-refractivity contribution in [1.82, 2.24) is 30.0 Å². The van der Waals surface area contributed by atoms with Gasteiger partial charge in [0.25, 0.3) is 5.91 Å². The van der Waals surface area contributed by atoms with Crippen LogP contribution in [-0.2, 0) is 13.1 Å². The number of pyridine rings is 1. The van der Waals surface area contributed by atoms with Crippen LogP contribution in [0.5, 0.6) is 0 Å². The van der Waals surface area contributed by atoms with Gasteiger partial charge in [-0.25, -0.2) is 4.98 Å². The number of nitrogens with zero attached hydrogens (tertiary/aromatic N) is 5. The summed E-state index contributed by atoms with van der Waals surface area (Å²) in [5.41, 5.74) is 2.30. The fourth-order valence-corrected chi connectivity index (χ4v) is 4.04. The van der Waals surface area contributed by atoms with Crippen molar-refractivity contribution in [2.24, 2.45) is 0 Å². The molecule has 8 nitrogen and oxygen atoms in total. The molecule has 2 aliphatic heterocycles. The molecule has 0 aliphatic carbocycles. The summed E-state index contributed by atoms with van der Waals surface area (Å²) in [6.07, 6.45) is 1.80. The number of likely N-dealkylation sites (tertiary alicyclic amines) is 1. The van der Waals surface area contributed by atoms with Crippen molar-refractivity contribution in [1.29, 1.82) is 0 Å². The van der Waals surface area contributed by atoms with E-state index in [9.17, 15) is 4.79 Å². The maximum absolute atomic E-state index is 12.8. The van der Waals surface area contributed by atoms with Gasteiger partial charge in [-0.05, 0) is 31.9 Å². The van der Waals surface area contributed by atoms with Gasteiger partial charge in [0.05, 0.1) is 6.54 Å². The predicted molar refractivity (Wildman–Crippen MR) is 113 cm³/mol. The van der Waals surface area contributed by atoms with Gasteiger partial charge in [0, 0.05) is 43.9 Å². The molecule has 2 aliphatic rings. The Morgan fingerprint density at radius 1 is 1.17 bits per heavy atom.